The molecule has 0 bridgehead atoms. The third-order valence-corrected chi connectivity index (χ3v) is 6.27. The summed E-state index contributed by atoms with van der Waals surface area (Å²) in [4.78, 5) is 7.50. The molecule has 2 aromatic rings. The van der Waals surface area contributed by atoms with Crippen molar-refractivity contribution in [2.45, 2.75) is 72.5 Å². The molecule has 170 valence electrons. The molecule has 3 rings (SSSR count). The van der Waals surface area contributed by atoms with Gasteiger partial charge in [-0.2, -0.15) is 5.10 Å². The Morgan fingerprint density at radius 3 is 2.48 bits per heavy atom. The van der Waals surface area contributed by atoms with Gasteiger partial charge in [0.1, 0.15) is 0 Å². The summed E-state index contributed by atoms with van der Waals surface area (Å²) >= 11 is 0. The molecule has 0 amide bonds. The summed E-state index contributed by atoms with van der Waals surface area (Å²) in [7, 11) is 2.01. The van der Waals surface area contributed by atoms with Crippen molar-refractivity contribution < 1.29 is 0 Å². The van der Waals surface area contributed by atoms with Crippen molar-refractivity contribution in [3.8, 4) is 0 Å². The molecule has 1 aromatic heterocycles. The summed E-state index contributed by atoms with van der Waals surface area (Å²) in [6.45, 7) is 13.6. The van der Waals surface area contributed by atoms with Crippen LogP contribution in [0.25, 0.3) is 0 Å². The van der Waals surface area contributed by atoms with Gasteiger partial charge in [-0.25, -0.2) is 4.99 Å². The third kappa shape index (κ3) is 6.57. The van der Waals surface area contributed by atoms with Gasteiger partial charge in [-0.05, 0) is 76.7 Å². The van der Waals surface area contributed by atoms with Crippen LogP contribution in [0.3, 0.4) is 0 Å². The Kier molecular flexibility index (Phi) is 8.52. The van der Waals surface area contributed by atoms with E-state index in [1.807, 2.05) is 11.7 Å². The van der Waals surface area contributed by atoms with Crippen molar-refractivity contribution in [1.82, 2.24) is 25.3 Å². The molecule has 6 nitrogen and oxygen atoms in total. The van der Waals surface area contributed by atoms with E-state index in [2.05, 4.69) is 72.6 Å². The van der Waals surface area contributed by atoms with Gasteiger partial charge in [-0.1, -0.05) is 30.7 Å². The molecule has 1 fully saturated rings. The fourth-order valence-electron chi connectivity index (χ4n) is 4.41. The summed E-state index contributed by atoms with van der Waals surface area (Å²) < 4.78 is 1.97. The Hall–Kier alpha value is -2.34. The molecule has 1 aliphatic heterocycles. The minimum absolute atomic E-state index is 0.267. The standard InChI is InChI=1S/C25H40N6/c1-6-26-25(28-19(2)16-24-20(3)29-30(5)21(24)4)27-17-22-12-8-9-13-23(22)18-31-14-10-7-11-15-31/h8-9,12-13,19H,6-7,10-11,14-18H2,1-5H3,(H2,26,27,28). The second-order valence-electron chi connectivity index (χ2n) is 8.82. The average molecular weight is 425 g/mol. The smallest absolute Gasteiger partial charge is 0.191 e. The van der Waals surface area contributed by atoms with Crippen molar-refractivity contribution in [3.63, 3.8) is 0 Å². The first kappa shape index (κ1) is 23.3. The molecule has 1 atom stereocenters. The largest absolute Gasteiger partial charge is 0.357 e. The SMILES string of the molecule is CCNC(=NCc1ccccc1CN1CCCCC1)NC(C)Cc1c(C)nn(C)c1C. The van der Waals surface area contributed by atoms with Gasteiger partial charge < -0.3 is 10.6 Å². The molecule has 0 aliphatic carbocycles. The number of nitrogens with one attached hydrogen (secondary N) is 2. The Bertz CT molecular complexity index is 863. The highest BCUT2D eigenvalue weighted by molar-refractivity contribution is 5.80. The van der Waals surface area contributed by atoms with Crippen LogP contribution in [0.5, 0.6) is 0 Å². The Labute approximate surface area is 188 Å². The molecular weight excluding hydrogens is 384 g/mol. The highest BCUT2D eigenvalue weighted by Gasteiger charge is 2.15. The first-order chi connectivity index (χ1) is 15.0. The third-order valence-electron chi connectivity index (χ3n) is 6.27. The van der Waals surface area contributed by atoms with Gasteiger partial charge in [0, 0.05) is 31.9 Å². The van der Waals surface area contributed by atoms with Crippen LogP contribution in [0.4, 0.5) is 0 Å². The highest BCUT2D eigenvalue weighted by Crippen LogP contribution is 2.17. The van der Waals surface area contributed by atoms with Gasteiger partial charge in [0.25, 0.3) is 0 Å². The number of rotatable bonds is 8. The summed E-state index contributed by atoms with van der Waals surface area (Å²) in [5.41, 5.74) is 6.39. The highest BCUT2D eigenvalue weighted by atomic mass is 15.3. The molecule has 0 saturated carbocycles. The molecule has 6 heteroatoms. The molecule has 1 unspecified atom stereocenters. The number of nitrogens with zero attached hydrogens (tertiary/aromatic N) is 4. The normalized spacial score (nSPS) is 16.4. The molecule has 0 radical (unpaired) electrons. The molecule has 1 saturated heterocycles. The second-order valence-corrected chi connectivity index (χ2v) is 8.82. The number of likely N-dealkylation sites (tertiary alicyclic amines) is 1. The van der Waals surface area contributed by atoms with Crippen LogP contribution in [0, 0.1) is 13.8 Å². The lowest BCUT2D eigenvalue weighted by atomic mass is 10.0. The lowest BCUT2D eigenvalue weighted by Gasteiger charge is -2.27. The Morgan fingerprint density at radius 1 is 1.13 bits per heavy atom. The van der Waals surface area contributed by atoms with Crippen LogP contribution in [-0.4, -0.2) is 46.3 Å². The minimum atomic E-state index is 0.267. The zero-order valence-electron chi connectivity index (χ0n) is 20.0. The van der Waals surface area contributed by atoms with E-state index in [1.165, 1.54) is 54.7 Å². The van der Waals surface area contributed by atoms with Crippen molar-refractivity contribution >= 4 is 5.96 Å². The number of benzene rings is 1. The Morgan fingerprint density at radius 2 is 1.84 bits per heavy atom. The van der Waals surface area contributed by atoms with Crippen LogP contribution < -0.4 is 10.6 Å². The maximum atomic E-state index is 4.92. The van der Waals surface area contributed by atoms with Crippen LogP contribution in [0.1, 0.15) is 61.2 Å². The molecular formula is C25H40N6. The molecule has 31 heavy (non-hydrogen) atoms. The predicted octanol–water partition coefficient (Wildman–Crippen LogP) is 3.71. The van der Waals surface area contributed by atoms with Crippen molar-refractivity contribution in [1.29, 1.82) is 0 Å². The van der Waals surface area contributed by atoms with Gasteiger partial charge in [-0.15, -0.1) is 0 Å². The monoisotopic (exact) mass is 424 g/mol. The van der Waals surface area contributed by atoms with E-state index in [0.717, 1.165) is 31.2 Å². The predicted molar refractivity (Wildman–Crippen MR) is 129 cm³/mol. The fourth-order valence-corrected chi connectivity index (χ4v) is 4.41. The van der Waals surface area contributed by atoms with E-state index in [4.69, 9.17) is 4.99 Å². The quantitative estimate of drug-likeness (QED) is 0.501. The lowest BCUT2D eigenvalue weighted by Crippen LogP contribution is -2.43. The van der Waals surface area contributed by atoms with Gasteiger partial charge in [0.15, 0.2) is 5.96 Å². The zero-order chi connectivity index (χ0) is 22.2. The number of aliphatic imine (C=N–C) groups is 1. The average Bonchev–Trinajstić information content (AvgIpc) is 3.00. The van der Waals surface area contributed by atoms with Crippen molar-refractivity contribution in [2.75, 3.05) is 19.6 Å². The summed E-state index contributed by atoms with van der Waals surface area (Å²) in [6, 6.07) is 9.02. The number of hydrogen-bond donors (Lipinski definition) is 2. The van der Waals surface area contributed by atoms with Crippen molar-refractivity contribution in [3.05, 3.63) is 52.3 Å². The Balaban J connectivity index is 1.65. The topological polar surface area (TPSA) is 57.5 Å². The van der Waals surface area contributed by atoms with E-state index in [9.17, 15) is 0 Å². The van der Waals surface area contributed by atoms with Crippen LogP contribution in [0.2, 0.25) is 0 Å². The number of hydrogen-bond acceptors (Lipinski definition) is 3. The van der Waals surface area contributed by atoms with E-state index in [1.54, 1.807) is 0 Å². The van der Waals surface area contributed by atoms with E-state index >= 15 is 0 Å². The number of aryl methyl sites for hydroxylation is 2. The van der Waals surface area contributed by atoms with Crippen LogP contribution >= 0.6 is 0 Å². The van der Waals surface area contributed by atoms with Crippen LogP contribution in [-0.2, 0) is 26.6 Å². The summed E-state index contributed by atoms with van der Waals surface area (Å²) in [5.74, 6) is 0.877. The second kappa shape index (κ2) is 11.3. The van der Waals surface area contributed by atoms with Gasteiger partial charge in [0.2, 0.25) is 0 Å². The molecule has 2 heterocycles. The summed E-state index contributed by atoms with van der Waals surface area (Å²) in [5, 5.41) is 11.6. The molecule has 1 aliphatic rings. The number of guanidine groups is 1. The first-order valence-electron chi connectivity index (χ1n) is 11.8. The van der Waals surface area contributed by atoms with E-state index in [-0.39, 0.29) is 6.04 Å². The first-order valence-corrected chi connectivity index (χ1v) is 11.8. The lowest BCUT2D eigenvalue weighted by molar-refractivity contribution is 0.220. The zero-order valence-corrected chi connectivity index (χ0v) is 20.0. The maximum absolute atomic E-state index is 4.92. The number of piperidine rings is 1. The van der Waals surface area contributed by atoms with Gasteiger partial charge in [-0.3, -0.25) is 9.58 Å². The van der Waals surface area contributed by atoms with E-state index < -0.39 is 0 Å². The fraction of sp³-hybridized carbons (Fsp3) is 0.600. The molecule has 2 N–H and O–H groups in total. The number of aromatic nitrogens is 2. The maximum Gasteiger partial charge on any atom is 0.191 e. The summed E-state index contributed by atoms with van der Waals surface area (Å²) in [6.07, 6.45) is 4.95. The van der Waals surface area contributed by atoms with E-state index in [0.29, 0.717) is 6.54 Å². The van der Waals surface area contributed by atoms with Gasteiger partial charge in [0.05, 0.1) is 12.2 Å². The van der Waals surface area contributed by atoms with Crippen LogP contribution in [0.15, 0.2) is 29.3 Å². The minimum Gasteiger partial charge on any atom is -0.357 e. The van der Waals surface area contributed by atoms with Crippen molar-refractivity contribution in [2.24, 2.45) is 12.0 Å². The van der Waals surface area contributed by atoms with Gasteiger partial charge >= 0.3 is 0 Å². The molecule has 0 spiro atoms. The molecule has 1 aromatic carbocycles.